The van der Waals surface area contributed by atoms with Crippen molar-refractivity contribution in [1.82, 2.24) is 20.2 Å². The summed E-state index contributed by atoms with van der Waals surface area (Å²) in [6.07, 6.45) is 1.63. The van der Waals surface area contributed by atoms with E-state index in [0.29, 0.717) is 18.1 Å². The van der Waals surface area contributed by atoms with E-state index in [9.17, 15) is 4.79 Å². The number of carbonyl (C=O) groups is 1. The van der Waals surface area contributed by atoms with Gasteiger partial charge in [-0.1, -0.05) is 55.5 Å². The number of aryl methyl sites for hydroxylation is 1. The predicted molar refractivity (Wildman–Crippen MR) is 99.1 cm³/mol. The molecule has 27 heavy (non-hydrogen) atoms. The highest BCUT2D eigenvalue weighted by molar-refractivity contribution is 5.71. The van der Waals surface area contributed by atoms with E-state index in [-0.39, 0.29) is 13.2 Å². The van der Waals surface area contributed by atoms with Crippen LogP contribution in [0.1, 0.15) is 30.3 Å². The highest BCUT2D eigenvalue weighted by Gasteiger charge is 2.11. The summed E-state index contributed by atoms with van der Waals surface area (Å²) in [4.78, 5) is 12.0. The minimum Gasteiger partial charge on any atom is -0.482 e. The molecular formula is C20H22N4O3. The molecule has 0 N–H and O–H groups in total. The molecule has 0 amide bonds. The van der Waals surface area contributed by atoms with Gasteiger partial charge in [-0.2, -0.15) is 0 Å². The van der Waals surface area contributed by atoms with Crippen LogP contribution < -0.4 is 4.74 Å². The molecule has 7 heteroatoms. The number of benzene rings is 2. The quantitative estimate of drug-likeness (QED) is 0.542. The second-order valence-electron chi connectivity index (χ2n) is 6.04. The molecule has 0 aliphatic heterocycles. The number of esters is 1. The topological polar surface area (TPSA) is 79.1 Å². The fourth-order valence-corrected chi connectivity index (χ4v) is 2.64. The van der Waals surface area contributed by atoms with Gasteiger partial charge in [0.1, 0.15) is 5.75 Å². The minimum atomic E-state index is -0.462. The molecule has 0 radical (unpaired) electrons. The average Bonchev–Trinajstić information content (AvgIpc) is 3.14. The van der Waals surface area contributed by atoms with Crippen LogP contribution in [0.3, 0.4) is 0 Å². The van der Waals surface area contributed by atoms with Crippen molar-refractivity contribution in [2.45, 2.75) is 32.9 Å². The second-order valence-corrected chi connectivity index (χ2v) is 6.04. The lowest BCUT2D eigenvalue weighted by atomic mass is 10.0. The lowest BCUT2D eigenvalue weighted by molar-refractivity contribution is -0.147. The Morgan fingerprint density at radius 2 is 1.85 bits per heavy atom. The largest absolute Gasteiger partial charge is 0.482 e. The summed E-state index contributed by atoms with van der Waals surface area (Å²) in [5.74, 6) is 0.736. The van der Waals surface area contributed by atoms with Gasteiger partial charge in [-0.25, -0.2) is 9.48 Å². The van der Waals surface area contributed by atoms with Crippen LogP contribution in [0.15, 0.2) is 54.6 Å². The summed E-state index contributed by atoms with van der Waals surface area (Å²) in [7, 11) is 0. The van der Waals surface area contributed by atoms with Crippen LogP contribution in [0.5, 0.6) is 5.75 Å². The van der Waals surface area contributed by atoms with Crippen molar-refractivity contribution in [3.05, 3.63) is 71.5 Å². The molecule has 3 rings (SSSR count). The molecule has 2 aromatic carbocycles. The number of hydrogen-bond acceptors (Lipinski definition) is 6. The van der Waals surface area contributed by atoms with Gasteiger partial charge in [0.05, 0.1) is 0 Å². The number of aromatic nitrogens is 4. The molecule has 0 atom stereocenters. The number of rotatable bonds is 9. The van der Waals surface area contributed by atoms with Gasteiger partial charge < -0.3 is 9.47 Å². The molecule has 0 spiro atoms. The third-order valence-corrected chi connectivity index (χ3v) is 3.96. The fraction of sp³-hybridized carbons (Fsp3) is 0.300. The lowest BCUT2D eigenvalue weighted by Gasteiger charge is -2.11. The van der Waals surface area contributed by atoms with Crippen molar-refractivity contribution in [1.29, 1.82) is 0 Å². The molecule has 0 fully saturated rings. The molecule has 0 aliphatic rings. The highest BCUT2D eigenvalue weighted by atomic mass is 16.6. The Bertz CT molecular complexity index is 864. The maximum Gasteiger partial charge on any atom is 0.344 e. The maximum absolute atomic E-state index is 12.0. The minimum absolute atomic E-state index is 0.0286. The first-order valence-electron chi connectivity index (χ1n) is 8.91. The Labute approximate surface area is 157 Å². The maximum atomic E-state index is 12.0. The number of carbonyl (C=O) groups excluding carboxylic acids is 1. The van der Waals surface area contributed by atoms with Crippen molar-refractivity contribution >= 4 is 5.97 Å². The molecule has 1 aromatic heterocycles. The molecule has 140 valence electrons. The van der Waals surface area contributed by atoms with Gasteiger partial charge in [0.2, 0.25) is 0 Å². The molecule has 0 saturated carbocycles. The monoisotopic (exact) mass is 366 g/mol. The summed E-state index contributed by atoms with van der Waals surface area (Å²) >= 11 is 0. The summed E-state index contributed by atoms with van der Waals surface area (Å²) < 4.78 is 12.5. The SMILES string of the molecule is CCCn1nnnc1COC(=O)COc1ccccc1Cc1ccccc1. The van der Waals surface area contributed by atoms with Gasteiger partial charge in [0.15, 0.2) is 19.0 Å². The zero-order valence-corrected chi connectivity index (χ0v) is 15.2. The normalized spacial score (nSPS) is 10.6. The Balaban J connectivity index is 1.54. The second kappa shape index (κ2) is 9.47. The molecule has 0 aliphatic carbocycles. The molecule has 7 nitrogen and oxygen atoms in total. The third kappa shape index (κ3) is 5.37. The van der Waals surface area contributed by atoms with Gasteiger partial charge in [0, 0.05) is 13.0 Å². The van der Waals surface area contributed by atoms with Gasteiger partial charge >= 0.3 is 5.97 Å². The average molecular weight is 366 g/mol. The van der Waals surface area contributed by atoms with Crippen LogP contribution in [0.2, 0.25) is 0 Å². The molecule has 0 bridgehead atoms. The molecule has 3 aromatic rings. The zero-order chi connectivity index (χ0) is 18.9. The Hall–Kier alpha value is -3.22. The molecule has 1 heterocycles. The Morgan fingerprint density at radius 1 is 1.07 bits per heavy atom. The summed E-state index contributed by atoms with van der Waals surface area (Å²) in [5.41, 5.74) is 2.20. The number of nitrogens with zero attached hydrogens (tertiary/aromatic N) is 4. The number of para-hydroxylation sites is 1. The third-order valence-electron chi connectivity index (χ3n) is 3.96. The highest BCUT2D eigenvalue weighted by Crippen LogP contribution is 2.21. The molecular weight excluding hydrogens is 344 g/mol. The van der Waals surface area contributed by atoms with Crippen molar-refractivity contribution in [2.75, 3.05) is 6.61 Å². The van der Waals surface area contributed by atoms with Crippen LogP contribution in [0.25, 0.3) is 0 Å². The number of tetrazole rings is 1. The van der Waals surface area contributed by atoms with E-state index >= 15 is 0 Å². The smallest absolute Gasteiger partial charge is 0.344 e. The van der Waals surface area contributed by atoms with E-state index in [2.05, 4.69) is 27.7 Å². The van der Waals surface area contributed by atoms with Crippen LogP contribution in [0, 0.1) is 0 Å². The number of ether oxygens (including phenoxy) is 2. The van der Waals surface area contributed by atoms with E-state index in [1.165, 1.54) is 5.56 Å². The van der Waals surface area contributed by atoms with Crippen LogP contribution in [-0.4, -0.2) is 32.8 Å². The Kier molecular flexibility index (Phi) is 6.51. The molecule has 0 unspecified atom stereocenters. The van der Waals surface area contributed by atoms with Crippen LogP contribution in [-0.2, 0) is 29.1 Å². The van der Waals surface area contributed by atoms with Crippen LogP contribution in [0.4, 0.5) is 0 Å². The summed E-state index contributed by atoms with van der Waals surface area (Å²) in [6, 6.07) is 17.8. The van der Waals surface area contributed by atoms with E-state index in [4.69, 9.17) is 9.47 Å². The van der Waals surface area contributed by atoms with Crippen molar-refractivity contribution in [3.8, 4) is 5.75 Å². The first-order valence-corrected chi connectivity index (χ1v) is 8.91. The van der Waals surface area contributed by atoms with Gasteiger partial charge in [-0.15, -0.1) is 5.10 Å². The fourth-order valence-electron chi connectivity index (χ4n) is 2.64. The van der Waals surface area contributed by atoms with Gasteiger partial charge in [0.25, 0.3) is 0 Å². The van der Waals surface area contributed by atoms with Crippen molar-refractivity contribution < 1.29 is 14.3 Å². The van der Waals surface area contributed by atoms with Crippen molar-refractivity contribution in [2.24, 2.45) is 0 Å². The number of hydrogen-bond donors (Lipinski definition) is 0. The van der Waals surface area contributed by atoms with E-state index in [0.717, 1.165) is 18.4 Å². The predicted octanol–water partition coefficient (Wildman–Crippen LogP) is 2.80. The lowest BCUT2D eigenvalue weighted by Crippen LogP contribution is -2.17. The molecule has 0 saturated heterocycles. The summed E-state index contributed by atoms with van der Waals surface area (Å²) in [5, 5.41) is 11.3. The first-order chi connectivity index (χ1) is 13.3. The van der Waals surface area contributed by atoms with E-state index < -0.39 is 5.97 Å². The van der Waals surface area contributed by atoms with E-state index in [1.807, 2.05) is 49.4 Å². The summed E-state index contributed by atoms with van der Waals surface area (Å²) in [6.45, 7) is 2.57. The van der Waals surface area contributed by atoms with E-state index in [1.54, 1.807) is 4.68 Å². The van der Waals surface area contributed by atoms with Crippen LogP contribution >= 0.6 is 0 Å². The van der Waals surface area contributed by atoms with Gasteiger partial charge in [-0.05, 0) is 34.0 Å². The first kappa shape index (κ1) is 18.6. The zero-order valence-electron chi connectivity index (χ0n) is 15.2. The standard InChI is InChI=1S/C20H22N4O3/c1-2-12-24-19(21-22-23-24)14-27-20(25)15-26-18-11-7-6-10-17(18)13-16-8-4-3-5-9-16/h3-11H,2,12-15H2,1H3. The van der Waals surface area contributed by atoms with Gasteiger partial charge in [-0.3, -0.25) is 0 Å². The Morgan fingerprint density at radius 3 is 2.67 bits per heavy atom. The van der Waals surface area contributed by atoms with Crippen molar-refractivity contribution in [3.63, 3.8) is 0 Å².